The molecule has 1 aromatic carbocycles. The average molecular weight is 196 g/mol. The Hall–Kier alpha value is -1.58. The summed E-state index contributed by atoms with van der Waals surface area (Å²) >= 11 is 0. The van der Waals surface area contributed by atoms with E-state index >= 15 is 0 Å². The Morgan fingerprint density at radius 1 is 0.786 bits per heavy atom. The first-order valence-electron chi connectivity index (χ1n) is 4.30. The van der Waals surface area contributed by atoms with Crippen LogP contribution >= 0.6 is 0 Å². The largest absolute Gasteiger partial charge is 0.494 e. The van der Waals surface area contributed by atoms with Gasteiger partial charge in [-0.05, 0) is 25.0 Å². The van der Waals surface area contributed by atoms with Gasteiger partial charge in [-0.2, -0.15) is 0 Å². The van der Waals surface area contributed by atoms with Crippen LogP contribution in [0.25, 0.3) is 0 Å². The van der Waals surface area contributed by atoms with Crippen LogP contribution in [0.2, 0.25) is 0 Å². The van der Waals surface area contributed by atoms with Crippen molar-refractivity contribution >= 4 is 11.4 Å². The van der Waals surface area contributed by atoms with Crippen molar-refractivity contribution in [1.82, 2.24) is 0 Å². The SMILES string of the molecule is COc1c(C)c(C)c(OC)c(N)c1N. The molecule has 0 spiro atoms. The minimum Gasteiger partial charge on any atom is -0.494 e. The lowest BCUT2D eigenvalue weighted by atomic mass is 10.0. The van der Waals surface area contributed by atoms with Gasteiger partial charge in [0.15, 0.2) is 0 Å². The number of hydrogen-bond acceptors (Lipinski definition) is 4. The molecule has 0 unspecified atom stereocenters. The number of ether oxygens (including phenoxy) is 2. The summed E-state index contributed by atoms with van der Waals surface area (Å²) in [5, 5.41) is 0. The van der Waals surface area contributed by atoms with Crippen molar-refractivity contribution in [2.24, 2.45) is 0 Å². The van der Waals surface area contributed by atoms with E-state index in [1.54, 1.807) is 14.2 Å². The molecule has 1 rings (SSSR count). The molecule has 0 aliphatic carbocycles. The molecule has 4 N–H and O–H groups in total. The van der Waals surface area contributed by atoms with Crippen molar-refractivity contribution in [3.05, 3.63) is 11.1 Å². The molecule has 1 aromatic rings. The van der Waals surface area contributed by atoms with E-state index in [1.165, 1.54) is 0 Å². The van der Waals surface area contributed by atoms with Crippen LogP contribution in [0.15, 0.2) is 0 Å². The number of hydrogen-bond donors (Lipinski definition) is 2. The molecule has 0 aliphatic rings. The first-order valence-corrected chi connectivity index (χ1v) is 4.30. The van der Waals surface area contributed by atoms with Crippen molar-refractivity contribution in [3.8, 4) is 11.5 Å². The molecule has 0 saturated heterocycles. The lowest BCUT2D eigenvalue weighted by molar-refractivity contribution is 0.401. The second-order valence-electron chi connectivity index (χ2n) is 3.14. The molecule has 0 fully saturated rings. The van der Waals surface area contributed by atoms with Crippen LogP contribution in [0, 0.1) is 13.8 Å². The molecule has 0 atom stereocenters. The summed E-state index contributed by atoms with van der Waals surface area (Å²) in [5.41, 5.74) is 14.4. The Morgan fingerprint density at radius 3 is 1.29 bits per heavy atom. The standard InChI is InChI=1S/C10H16N2O2/c1-5-6(2)10(14-4)8(12)7(11)9(5)13-3/h11-12H2,1-4H3. The summed E-state index contributed by atoms with van der Waals surface area (Å²) in [5.74, 6) is 1.25. The van der Waals surface area contributed by atoms with E-state index < -0.39 is 0 Å². The van der Waals surface area contributed by atoms with E-state index in [0.29, 0.717) is 22.9 Å². The summed E-state index contributed by atoms with van der Waals surface area (Å²) in [4.78, 5) is 0. The lowest BCUT2D eigenvalue weighted by Gasteiger charge is -2.17. The maximum Gasteiger partial charge on any atom is 0.147 e. The minimum atomic E-state index is 0.437. The summed E-state index contributed by atoms with van der Waals surface area (Å²) in [6.45, 7) is 3.85. The number of nitrogens with two attached hydrogens (primary N) is 2. The molecule has 78 valence electrons. The molecule has 0 aromatic heterocycles. The summed E-state index contributed by atoms with van der Waals surface area (Å²) < 4.78 is 10.4. The van der Waals surface area contributed by atoms with Gasteiger partial charge in [0, 0.05) is 0 Å². The fourth-order valence-electron chi connectivity index (χ4n) is 1.52. The van der Waals surface area contributed by atoms with Crippen LogP contribution in [0.5, 0.6) is 11.5 Å². The Labute approximate surface area is 83.8 Å². The first kappa shape index (κ1) is 10.5. The smallest absolute Gasteiger partial charge is 0.147 e. The molecule has 0 amide bonds. The highest BCUT2D eigenvalue weighted by atomic mass is 16.5. The van der Waals surface area contributed by atoms with E-state index in [0.717, 1.165) is 11.1 Å². The number of benzene rings is 1. The van der Waals surface area contributed by atoms with E-state index in [9.17, 15) is 0 Å². The average Bonchev–Trinajstić information content (AvgIpc) is 2.17. The second-order valence-corrected chi connectivity index (χ2v) is 3.14. The van der Waals surface area contributed by atoms with Crippen LogP contribution in [0.4, 0.5) is 11.4 Å². The van der Waals surface area contributed by atoms with Gasteiger partial charge < -0.3 is 20.9 Å². The number of rotatable bonds is 2. The van der Waals surface area contributed by atoms with Crippen molar-refractivity contribution in [2.75, 3.05) is 25.7 Å². The fraction of sp³-hybridized carbons (Fsp3) is 0.400. The van der Waals surface area contributed by atoms with Gasteiger partial charge in [0.1, 0.15) is 22.9 Å². The molecule has 0 radical (unpaired) electrons. The maximum atomic E-state index is 5.81. The maximum absolute atomic E-state index is 5.81. The second kappa shape index (κ2) is 3.65. The summed E-state index contributed by atoms with van der Waals surface area (Å²) in [6.07, 6.45) is 0. The molecule has 4 nitrogen and oxygen atoms in total. The Kier molecular flexibility index (Phi) is 2.74. The third-order valence-corrected chi connectivity index (χ3v) is 2.43. The van der Waals surface area contributed by atoms with Crippen LogP contribution < -0.4 is 20.9 Å². The molecular weight excluding hydrogens is 180 g/mol. The van der Waals surface area contributed by atoms with Gasteiger partial charge in [-0.15, -0.1) is 0 Å². The van der Waals surface area contributed by atoms with Crippen molar-refractivity contribution < 1.29 is 9.47 Å². The van der Waals surface area contributed by atoms with Gasteiger partial charge in [-0.25, -0.2) is 0 Å². The quantitative estimate of drug-likeness (QED) is 0.703. The van der Waals surface area contributed by atoms with E-state index in [4.69, 9.17) is 20.9 Å². The van der Waals surface area contributed by atoms with Gasteiger partial charge in [0.2, 0.25) is 0 Å². The van der Waals surface area contributed by atoms with E-state index in [-0.39, 0.29) is 0 Å². The molecular formula is C10H16N2O2. The highest BCUT2D eigenvalue weighted by Gasteiger charge is 2.16. The van der Waals surface area contributed by atoms with E-state index in [1.807, 2.05) is 13.8 Å². The molecule has 0 bridgehead atoms. The van der Waals surface area contributed by atoms with Crippen LogP contribution in [0.1, 0.15) is 11.1 Å². The van der Waals surface area contributed by atoms with Gasteiger partial charge in [0.05, 0.1) is 14.2 Å². The third kappa shape index (κ3) is 1.32. The van der Waals surface area contributed by atoms with Crippen molar-refractivity contribution in [3.63, 3.8) is 0 Å². The first-order chi connectivity index (χ1) is 6.54. The minimum absolute atomic E-state index is 0.437. The Balaban J connectivity index is 3.55. The summed E-state index contributed by atoms with van der Waals surface area (Å²) in [6, 6.07) is 0. The molecule has 0 heterocycles. The van der Waals surface area contributed by atoms with Gasteiger partial charge in [0.25, 0.3) is 0 Å². The molecule has 0 saturated carbocycles. The van der Waals surface area contributed by atoms with Gasteiger partial charge >= 0.3 is 0 Å². The number of nitrogen functional groups attached to an aromatic ring is 2. The number of methoxy groups -OCH3 is 2. The monoisotopic (exact) mass is 196 g/mol. The Morgan fingerprint density at radius 2 is 1.07 bits per heavy atom. The predicted octanol–water partition coefficient (Wildman–Crippen LogP) is 1.49. The van der Waals surface area contributed by atoms with Crippen molar-refractivity contribution in [2.45, 2.75) is 13.8 Å². The topological polar surface area (TPSA) is 70.5 Å². The lowest BCUT2D eigenvalue weighted by Crippen LogP contribution is -2.05. The number of anilines is 2. The molecule has 0 aliphatic heterocycles. The highest BCUT2D eigenvalue weighted by Crippen LogP contribution is 2.41. The fourth-order valence-corrected chi connectivity index (χ4v) is 1.52. The van der Waals surface area contributed by atoms with Crippen LogP contribution in [-0.2, 0) is 0 Å². The Bertz CT molecular complexity index is 298. The molecule has 4 heteroatoms. The van der Waals surface area contributed by atoms with Gasteiger partial charge in [-0.1, -0.05) is 0 Å². The van der Waals surface area contributed by atoms with E-state index in [2.05, 4.69) is 0 Å². The zero-order chi connectivity index (χ0) is 10.9. The van der Waals surface area contributed by atoms with Gasteiger partial charge in [-0.3, -0.25) is 0 Å². The zero-order valence-corrected chi connectivity index (χ0v) is 8.97. The van der Waals surface area contributed by atoms with Crippen LogP contribution in [-0.4, -0.2) is 14.2 Å². The van der Waals surface area contributed by atoms with Crippen LogP contribution in [0.3, 0.4) is 0 Å². The zero-order valence-electron chi connectivity index (χ0n) is 8.97. The predicted molar refractivity (Wildman–Crippen MR) is 57.8 cm³/mol. The molecule has 14 heavy (non-hydrogen) atoms. The normalized spacial score (nSPS) is 10.0. The summed E-state index contributed by atoms with van der Waals surface area (Å²) in [7, 11) is 3.15. The highest BCUT2D eigenvalue weighted by molar-refractivity contribution is 5.81. The third-order valence-electron chi connectivity index (χ3n) is 2.43. The van der Waals surface area contributed by atoms with Crippen molar-refractivity contribution in [1.29, 1.82) is 0 Å².